The minimum Gasteiger partial charge on any atom is -0.456 e. The van der Waals surface area contributed by atoms with Crippen molar-refractivity contribution in [2.24, 2.45) is 0 Å². The van der Waals surface area contributed by atoms with Gasteiger partial charge in [0.25, 0.3) is 0 Å². The number of benzene rings is 11. The molecular formula is C58H34O2. The highest BCUT2D eigenvalue weighted by Gasteiger charge is 2.26. The second-order valence-corrected chi connectivity index (χ2v) is 15.9. The minimum atomic E-state index is 0.869. The molecule has 0 bridgehead atoms. The lowest BCUT2D eigenvalue weighted by molar-refractivity contribution is 0.487. The Kier molecular flexibility index (Phi) is 7.05. The van der Waals surface area contributed by atoms with Crippen LogP contribution in [0.3, 0.4) is 0 Å². The molecule has 2 heterocycles. The molecule has 13 rings (SSSR count). The fourth-order valence-electron chi connectivity index (χ4n) is 9.97. The predicted octanol–water partition coefficient (Wildman–Crippen LogP) is 16.5. The van der Waals surface area contributed by atoms with E-state index in [2.05, 4.69) is 200 Å². The Bertz CT molecular complexity index is 3580. The molecule has 0 aromatic heterocycles. The van der Waals surface area contributed by atoms with Crippen molar-refractivity contribution in [3.63, 3.8) is 0 Å². The fraction of sp³-hybridized carbons (Fsp3) is 0. The van der Waals surface area contributed by atoms with E-state index in [0.717, 1.165) is 50.5 Å². The monoisotopic (exact) mass is 762 g/mol. The van der Waals surface area contributed by atoms with Gasteiger partial charge >= 0.3 is 0 Å². The van der Waals surface area contributed by atoms with Crippen LogP contribution in [-0.2, 0) is 0 Å². The summed E-state index contributed by atoms with van der Waals surface area (Å²) in [6.07, 6.45) is 0. The molecule has 11 aromatic rings. The van der Waals surface area contributed by atoms with Crippen LogP contribution >= 0.6 is 0 Å². The van der Waals surface area contributed by atoms with Gasteiger partial charge in [-0.25, -0.2) is 0 Å². The van der Waals surface area contributed by atoms with E-state index < -0.39 is 0 Å². The first kappa shape index (κ1) is 33.1. The van der Waals surface area contributed by atoms with Crippen molar-refractivity contribution in [1.82, 2.24) is 0 Å². The van der Waals surface area contributed by atoms with Crippen LogP contribution in [0.2, 0.25) is 0 Å². The van der Waals surface area contributed by atoms with E-state index in [-0.39, 0.29) is 0 Å². The minimum absolute atomic E-state index is 0.869. The number of hydrogen-bond acceptors (Lipinski definition) is 2. The smallest absolute Gasteiger partial charge is 0.135 e. The zero-order chi connectivity index (χ0) is 39.3. The fourth-order valence-corrected chi connectivity index (χ4v) is 9.97. The first-order valence-corrected chi connectivity index (χ1v) is 20.6. The normalized spacial score (nSPS) is 12.3. The second kappa shape index (κ2) is 12.8. The lowest BCUT2D eigenvalue weighted by atomic mass is 9.81. The summed E-state index contributed by atoms with van der Waals surface area (Å²) in [6.45, 7) is 0. The van der Waals surface area contributed by atoms with Gasteiger partial charge in [0, 0.05) is 21.9 Å². The zero-order valence-electron chi connectivity index (χ0n) is 32.4. The standard InChI is InChI=1S/C58H34O2/c1-3-12-35(13-4-1)38-25-29-48-49(32-38)55(40-26-27-42-43-19-9-16-37-17-10-22-52(56(37)43)60-54(42)34-40)47-28-24-39(36-14-5-2-6-15-36)33-50(47)57(48)46-31-30-45-41-18-7-8-21-51(41)59-53-23-11-20-44(46)58(45)53/h1-34H. The maximum atomic E-state index is 6.80. The molecular weight excluding hydrogens is 729 g/mol. The number of para-hydroxylation sites is 1. The maximum Gasteiger partial charge on any atom is 0.135 e. The molecule has 0 amide bonds. The van der Waals surface area contributed by atoms with E-state index in [1.807, 2.05) is 6.07 Å². The van der Waals surface area contributed by atoms with Crippen molar-refractivity contribution in [2.45, 2.75) is 0 Å². The molecule has 11 aromatic carbocycles. The molecule has 0 saturated carbocycles. The van der Waals surface area contributed by atoms with E-state index >= 15 is 0 Å². The van der Waals surface area contributed by atoms with Gasteiger partial charge in [0.2, 0.25) is 0 Å². The molecule has 2 heteroatoms. The van der Waals surface area contributed by atoms with Crippen LogP contribution in [0.1, 0.15) is 0 Å². The van der Waals surface area contributed by atoms with Crippen molar-refractivity contribution in [3.05, 3.63) is 206 Å². The zero-order valence-corrected chi connectivity index (χ0v) is 32.4. The van der Waals surface area contributed by atoms with Crippen molar-refractivity contribution in [3.8, 4) is 89.8 Å². The van der Waals surface area contributed by atoms with E-state index in [0.29, 0.717) is 0 Å². The Labute approximate surface area is 347 Å². The molecule has 0 saturated heterocycles. The highest BCUT2D eigenvalue weighted by molar-refractivity contribution is 6.26. The summed E-state index contributed by atoms with van der Waals surface area (Å²) in [6, 6.07) is 74.6. The van der Waals surface area contributed by atoms with Gasteiger partial charge < -0.3 is 9.47 Å². The Morgan fingerprint density at radius 2 is 0.750 bits per heavy atom. The molecule has 0 N–H and O–H groups in total. The van der Waals surface area contributed by atoms with Crippen LogP contribution in [0.15, 0.2) is 206 Å². The molecule has 2 aliphatic rings. The van der Waals surface area contributed by atoms with Crippen LogP contribution in [0.5, 0.6) is 23.0 Å². The Balaban J connectivity index is 1.14. The lowest BCUT2D eigenvalue weighted by Gasteiger charge is -2.25. The van der Waals surface area contributed by atoms with Crippen molar-refractivity contribution in [2.75, 3.05) is 0 Å². The molecule has 0 spiro atoms. The summed E-state index contributed by atoms with van der Waals surface area (Å²) in [7, 11) is 0. The topological polar surface area (TPSA) is 18.5 Å². The third-order valence-electron chi connectivity index (χ3n) is 12.6. The first-order valence-electron chi connectivity index (χ1n) is 20.6. The number of hydrogen-bond donors (Lipinski definition) is 0. The average Bonchev–Trinajstić information content (AvgIpc) is 3.31. The Morgan fingerprint density at radius 3 is 1.52 bits per heavy atom. The summed E-state index contributed by atoms with van der Waals surface area (Å²) in [5.41, 5.74) is 14.0. The third kappa shape index (κ3) is 4.88. The number of ether oxygens (including phenoxy) is 2. The van der Waals surface area contributed by atoms with Crippen molar-refractivity contribution >= 4 is 43.1 Å². The molecule has 0 aliphatic carbocycles. The van der Waals surface area contributed by atoms with Gasteiger partial charge in [-0.1, -0.05) is 164 Å². The SMILES string of the molecule is c1ccc(-c2ccc3c(-c4ccc5c6c(cccc46)Oc4ccccc4-5)c4cc(-c5ccccc5)ccc4c(-c4ccc5c(c4)Oc4cccc6cccc-5c46)c3c2)cc1. The van der Waals surface area contributed by atoms with Gasteiger partial charge in [-0.2, -0.15) is 0 Å². The molecule has 0 radical (unpaired) electrons. The van der Waals surface area contributed by atoms with Crippen LogP contribution in [0.4, 0.5) is 0 Å². The largest absolute Gasteiger partial charge is 0.456 e. The Morgan fingerprint density at radius 1 is 0.233 bits per heavy atom. The van der Waals surface area contributed by atoms with E-state index in [9.17, 15) is 0 Å². The molecule has 0 fully saturated rings. The average molecular weight is 763 g/mol. The summed E-state index contributed by atoms with van der Waals surface area (Å²) in [5.74, 6) is 3.54. The van der Waals surface area contributed by atoms with Crippen LogP contribution < -0.4 is 9.47 Å². The summed E-state index contributed by atoms with van der Waals surface area (Å²) in [5, 5.41) is 9.41. The predicted molar refractivity (Wildman–Crippen MR) is 249 cm³/mol. The molecule has 60 heavy (non-hydrogen) atoms. The molecule has 2 nitrogen and oxygen atoms in total. The summed E-state index contributed by atoms with van der Waals surface area (Å²) in [4.78, 5) is 0. The van der Waals surface area contributed by atoms with Gasteiger partial charge in [0.15, 0.2) is 0 Å². The van der Waals surface area contributed by atoms with Gasteiger partial charge in [-0.3, -0.25) is 0 Å². The van der Waals surface area contributed by atoms with Crippen molar-refractivity contribution < 1.29 is 9.47 Å². The highest BCUT2D eigenvalue weighted by atomic mass is 16.5. The molecule has 0 atom stereocenters. The number of rotatable bonds is 4. The van der Waals surface area contributed by atoms with Crippen LogP contribution in [0, 0.1) is 0 Å². The van der Waals surface area contributed by atoms with Crippen LogP contribution in [0.25, 0.3) is 110 Å². The van der Waals surface area contributed by atoms with E-state index in [1.165, 1.54) is 82.4 Å². The first-order chi connectivity index (χ1) is 29.7. The number of fused-ring (bicyclic) bond motifs is 6. The van der Waals surface area contributed by atoms with E-state index in [1.54, 1.807) is 0 Å². The third-order valence-corrected chi connectivity index (χ3v) is 12.6. The molecule has 2 aliphatic heterocycles. The Hall–Kier alpha value is -7.94. The van der Waals surface area contributed by atoms with Gasteiger partial charge in [-0.05, 0) is 130 Å². The van der Waals surface area contributed by atoms with Gasteiger partial charge in [-0.15, -0.1) is 0 Å². The van der Waals surface area contributed by atoms with Crippen molar-refractivity contribution in [1.29, 1.82) is 0 Å². The quantitative estimate of drug-likeness (QED) is 0.166. The summed E-state index contributed by atoms with van der Waals surface area (Å²) < 4.78 is 13.4. The highest BCUT2D eigenvalue weighted by Crippen LogP contribution is 2.53. The van der Waals surface area contributed by atoms with Crippen LogP contribution in [-0.4, -0.2) is 0 Å². The van der Waals surface area contributed by atoms with Gasteiger partial charge in [0.1, 0.15) is 23.0 Å². The molecule has 0 unspecified atom stereocenters. The van der Waals surface area contributed by atoms with Gasteiger partial charge in [0.05, 0.1) is 0 Å². The molecule has 278 valence electrons. The lowest BCUT2D eigenvalue weighted by Crippen LogP contribution is -1.99. The summed E-state index contributed by atoms with van der Waals surface area (Å²) >= 11 is 0. The maximum absolute atomic E-state index is 6.80. The second-order valence-electron chi connectivity index (χ2n) is 15.9. The van der Waals surface area contributed by atoms with E-state index in [4.69, 9.17) is 9.47 Å².